The molecule has 2 aromatic carbocycles. The molecule has 0 saturated carbocycles. The molecule has 1 aliphatic rings. The summed E-state index contributed by atoms with van der Waals surface area (Å²) >= 11 is 0. The van der Waals surface area contributed by atoms with Crippen LogP contribution in [-0.4, -0.2) is 12.1 Å². The van der Waals surface area contributed by atoms with Gasteiger partial charge < -0.3 is 9.47 Å². The predicted octanol–water partition coefficient (Wildman–Crippen LogP) is 5.37. The maximum atomic E-state index is 14.1. The fourth-order valence-corrected chi connectivity index (χ4v) is 3.58. The van der Waals surface area contributed by atoms with Crippen molar-refractivity contribution in [3.8, 4) is 0 Å². The molecule has 0 aliphatic carbocycles. The van der Waals surface area contributed by atoms with Crippen molar-refractivity contribution in [2.24, 2.45) is 11.8 Å². The summed E-state index contributed by atoms with van der Waals surface area (Å²) in [5, 5.41) is 0. The van der Waals surface area contributed by atoms with Gasteiger partial charge in [0.15, 0.2) is 0 Å². The van der Waals surface area contributed by atoms with Crippen LogP contribution in [0.1, 0.15) is 25.0 Å². The van der Waals surface area contributed by atoms with Gasteiger partial charge in [0, 0.05) is 5.56 Å². The Morgan fingerprint density at radius 3 is 2.21 bits per heavy atom. The third-order valence-corrected chi connectivity index (χ3v) is 4.80. The molecular weight excluding hydrogens is 369 g/mol. The number of ether oxygens (including phenoxy) is 2. The average Bonchev–Trinajstić information content (AvgIpc) is 2.63. The second kappa shape index (κ2) is 7.70. The predicted molar refractivity (Wildman–Crippen MR) is 97.9 cm³/mol. The molecule has 0 unspecified atom stereocenters. The van der Waals surface area contributed by atoms with E-state index in [1.165, 1.54) is 12.1 Å². The number of hydrogen-bond donors (Lipinski definition) is 0. The number of rotatable bonds is 5. The molecule has 1 aliphatic heterocycles. The quantitative estimate of drug-likeness (QED) is 0.508. The zero-order valence-electron chi connectivity index (χ0n) is 15.6. The molecular formula is C22H21F3O3. The summed E-state index contributed by atoms with van der Waals surface area (Å²) in [7, 11) is 0. The maximum Gasteiger partial charge on any atom is 0.433 e. The number of carbonyl (C=O) groups excluding carboxylic acids is 1. The first-order chi connectivity index (χ1) is 13.3. The van der Waals surface area contributed by atoms with Crippen LogP contribution in [0.2, 0.25) is 0 Å². The van der Waals surface area contributed by atoms with Gasteiger partial charge in [-0.05, 0) is 11.5 Å². The van der Waals surface area contributed by atoms with E-state index >= 15 is 0 Å². The third-order valence-electron chi connectivity index (χ3n) is 4.80. The number of benzene rings is 2. The van der Waals surface area contributed by atoms with Gasteiger partial charge in [-0.2, -0.15) is 13.2 Å². The van der Waals surface area contributed by atoms with Crippen LogP contribution in [0.3, 0.4) is 0 Å². The molecule has 0 bridgehead atoms. The minimum absolute atomic E-state index is 0.00533. The molecule has 3 nitrogen and oxygen atoms in total. The van der Waals surface area contributed by atoms with E-state index in [0.29, 0.717) is 0 Å². The first-order valence-electron chi connectivity index (χ1n) is 8.99. The fourth-order valence-electron chi connectivity index (χ4n) is 3.58. The molecule has 0 N–H and O–H groups in total. The Balaban J connectivity index is 1.84. The maximum absolute atomic E-state index is 14.1. The van der Waals surface area contributed by atoms with Crippen molar-refractivity contribution in [3.05, 3.63) is 83.6 Å². The van der Waals surface area contributed by atoms with Gasteiger partial charge in [0.05, 0.1) is 12.0 Å². The second-order valence-corrected chi connectivity index (χ2v) is 7.06. The summed E-state index contributed by atoms with van der Waals surface area (Å²) < 4.78 is 52.6. The Hall–Kier alpha value is -2.76. The lowest BCUT2D eigenvalue weighted by Crippen LogP contribution is -2.60. The molecule has 3 rings (SSSR count). The zero-order valence-corrected chi connectivity index (χ0v) is 15.6. The van der Waals surface area contributed by atoms with E-state index in [1.807, 2.05) is 18.2 Å². The van der Waals surface area contributed by atoms with Crippen LogP contribution in [0.5, 0.6) is 0 Å². The molecule has 148 valence electrons. The minimum Gasteiger partial charge on any atom is -0.476 e. The number of esters is 1. The molecule has 0 radical (unpaired) electrons. The highest BCUT2D eigenvalue weighted by atomic mass is 19.4. The Morgan fingerprint density at radius 1 is 1.11 bits per heavy atom. The number of alkyl halides is 3. The zero-order chi connectivity index (χ0) is 20.4. The van der Waals surface area contributed by atoms with Crippen molar-refractivity contribution in [2.75, 3.05) is 0 Å². The molecule has 28 heavy (non-hydrogen) atoms. The van der Waals surface area contributed by atoms with E-state index in [1.54, 1.807) is 44.2 Å². The molecule has 1 fully saturated rings. The third kappa shape index (κ3) is 3.63. The van der Waals surface area contributed by atoms with Gasteiger partial charge in [0.2, 0.25) is 5.60 Å². The Bertz CT molecular complexity index is 844. The molecule has 1 heterocycles. The standard InChI is InChI=1S/C22H21F3O3/c1-15(2)20-18(13-19(26)27-14-16-9-5-3-6-10-16)28-21(20,22(23,24)25)17-11-7-4-8-12-17/h3-13,15,20H,14H2,1-2H3/t20-,21+/m1/s1. The van der Waals surface area contributed by atoms with Crippen molar-refractivity contribution >= 4 is 5.97 Å². The van der Waals surface area contributed by atoms with Gasteiger partial charge in [0.25, 0.3) is 0 Å². The highest BCUT2D eigenvalue weighted by Gasteiger charge is 2.71. The van der Waals surface area contributed by atoms with Crippen LogP contribution >= 0.6 is 0 Å². The summed E-state index contributed by atoms with van der Waals surface area (Å²) in [6, 6.07) is 16.6. The minimum atomic E-state index is -4.63. The highest BCUT2D eigenvalue weighted by molar-refractivity contribution is 5.83. The van der Waals surface area contributed by atoms with Crippen molar-refractivity contribution in [2.45, 2.75) is 32.2 Å². The number of halogens is 3. The number of carbonyl (C=O) groups is 1. The Kier molecular flexibility index (Phi) is 5.49. The second-order valence-electron chi connectivity index (χ2n) is 7.06. The molecule has 0 aromatic heterocycles. The van der Waals surface area contributed by atoms with E-state index in [-0.39, 0.29) is 17.9 Å². The topological polar surface area (TPSA) is 35.5 Å². The van der Waals surface area contributed by atoms with E-state index < -0.39 is 29.6 Å². The largest absolute Gasteiger partial charge is 0.476 e. The van der Waals surface area contributed by atoms with E-state index in [2.05, 4.69) is 0 Å². The summed E-state index contributed by atoms with van der Waals surface area (Å²) in [4.78, 5) is 12.1. The van der Waals surface area contributed by atoms with Crippen molar-refractivity contribution in [1.29, 1.82) is 0 Å². The van der Waals surface area contributed by atoms with Crippen molar-refractivity contribution in [3.63, 3.8) is 0 Å². The fraction of sp³-hybridized carbons (Fsp3) is 0.318. The summed E-state index contributed by atoms with van der Waals surface area (Å²) in [5.41, 5.74) is -1.65. The van der Waals surface area contributed by atoms with Gasteiger partial charge in [-0.15, -0.1) is 0 Å². The van der Waals surface area contributed by atoms with Crippen LogP contribution in [0.4, 0.5) is 13.2 Å². The van der Waals surface area contributed by atoms with E-state index in [4.69, 9.17) is 9.47 Å². The number of hydrogen-bond acceptors (Lipinski definition) is 3. The first-order valence-corrected chi connectivity index (χ1v) is 8.99. The molecule has 0 spiro atoms. The normalized spacial score (nSPS) is 23.2. The van der Waals surface area contributed by atoms with Crippen molar-refractivity contribution < 1.29 is 27.4 Å². The van der Waals surface area contributed by atoms with E-state index in [9.17, 15) is 18.0 Å². The highest BCUT2D eigenvalue weighted by Crippen LogP contribution is 2.60. The Labute approximate surface area is 161 Å². The molecule has 0 amide bonds. The lowest BCUT2D eigenvalue weighted by atomic mass is 9.69. The summed E-state index contributed by atoms with van der Waals surface area (Å²) in [5.74, 6) is -2.15. The lowest BCUT2D eigenvalue weighted by Gasteiger charge is -2.53. The van der Waals surface area contributed by atoms with Gasteiger partial charge >= 0.3 is 12.1 Å². The van der Waals surface area contributed by atoms with Gasteiger partial charge in [-0.1, -0.05) is 74.5 Å². The lowest BCUT2D eigenvalue weighted by molar-refractivity contribution is -0.342. The smallest absolute Gasteiger partial charge is 0.433 e. The van der Waals surface area contributed by atoms with Gasteiger partial charge in [-0.25, -0.2) is 4.79 Å². The molecule has 2 atom stereocenters. The average molecular weight is 390 g/mol. The van der Waals surface area contributed by atoms with Crippen LogP contribution in [-0.2, 0) is 26.5 Å². The van der Waals surface area contributed by atoms with Crippen LogP contribution < -0.4 is 0 Å². The Morgan fingerprint density at radius 2 is 1.68 bits per heavy atom. The summed E-state index contributed by atoms with van der Waals surface area (Å²) in [6.07, 6.45) is -3.60. The van der Waals surface area contributed by atoms with Crippen LogP contribution in [0, 0.1) is 11.8 Å². The monoisotopic (exact) mass is 390 g/mol. The summed E-state index contributed by atoms with van der Waals surface area (Å²) in [6.45, 7) is 3.40. The molecule has 6 heteroatoms. The van der Waals surface area contributed by atoms with Gasteiger partial charge in [-0.3, -0.25) is 0 Å². The molecule has 1 saturated heterocycles. The van der Waals surface area contributed by atoms with Crippen molar-refractivity contribution in [1.82, 2.24) is 0 Å². The SMILES string of the molecule is CC(C)[C@@H]1C(=CC(=O)OCc2ccccc2)O[C@]1(c1ccccc1)C(F)(F)F. The van der Waals surface area contributed by atoms with Crippen LogP contribution in [0.25, 0.3) is 0 Å². The van der Waals surface area contributed by atoms with Crippen LogP contribution in [0.15, 0.2) is 72.5 Å². The molecule has 2 aromatic rings. The van der Waals surface area contributed by atoms with E-state index in [0.717, 1.165) is 11.6 Å². The van der Waals surface area contributed by atoms with Gasteiger partial charge in [0.1, 0.15) is 12.4 Å². The first kappa shape index (κ1) is 20.0.